The summed E-state index contributed by atoms with van der Waals surface area (Å²) in [6, 6.07) is 12.5. The minimum absolute atomic E-state index is 0.338. The Bertz CT molecular complexity index is 747. The lowest BCUT2D eigenvalue weighted by molar-refractivity contribution is -0.142. The second-order valence-electron chi connectivity index (χ2n) is 7.32. The van der Waals surface area contributed by atoms with Crippen molar-refractivity contribution < 1.29 is 9.90 Å². The molecule has 4 nitrogen and oxygen atoms in total. The van der Waals surface area contributed by atoms with E-state index in [4.69, 9.17) is 0 Å². The van der Waals surface area contributed by atoms with E-state index in [-0.39, 0.29) is 6.04 Å². The topological polar surface area (TPSA) is 53.4 Å². The molecule has 1 aliphatic heterocycles. The molecule has 0 radical (unpaired) electrons. The van der Waals surface area contributed by atoms with Gasteiger partial charge in [0.25, 0.3) is 0 Å². The maximum absolute atomic E-state index is 11.8. The van der Waals surface area contributed by atoms with Crippen molar-refractivity contribution in [2.45, 2.75) is 50.7 Å². The molecule has 1 aromatic heterocycles. The largest absolute Gasteiger partial charge is 0.480 e. The molecular formula is C21H24N2O2. The van der Waals surface area contributed by atoms with Gasteiger partial charge in [0.05, 0.1) is 0 Å². The summed E-state index contributed by atoms with van der Waals surface area (Å²) >= 11 is 0. The van der Waals surface area contributed by atoms with Crippen molar-refractivity contribution in [3.63, 3.8) is 0 Å². The van der Waals surface area contributed by atoms with Crippen molar-refractivity contribution in [3.05, 3.63) is 54.4 Å². The van der Waals surface area contributed by atoms with Crippen LogP contribution in [0.3, 0.4) is 0 Å². The number of carboxylic acids is 1. The van der Waals surface area contributed by atoms with Crippen molar-refractivity contribution in [1.82, 2.24) is 9.88 Å². The van der Waals surface area contributed by atoms with Gasteiger partial charge < -0.3 is 5.11 Å². The number of likely N-dealkylation sites (tertiary alicyclic amines) is 1. The van der Waals surface area contributed by atoms with Crippen LogP contribution in [0, 0.1) is 5.92 Å². The Morgan fingerprint density at radius 3 is 2.80 bits per heavy atom. The molecule has 1 saturated carbocycles. The van der Waals surface area contributed by atoms with Crippen LogP contribution in [-0.2, 0) is 11.3 Å². The zero-order valence-corrected chi connectivity index (χ0v) is 14.3. The molecule has 25 heavy (non-hydrogen) atoms. The molecule has 2 aliphatic rings. The summed E-state index contributed by atoms with van der Waals surface area (Å²) < 4.78 is 0. The smallest absolute Gasteiger partial charge is 0.320 e. The van der Waals surface area contributed by atoms with Crippen molar-refractivity contribution in [3.8, 4) is 11.1 Å². The number of carboxylic acid groups (broad SMARTS) is 1. The van der Waals surface area contributed by atoms with Crippen molar-refractivity contribution >= 4 is 5.97 Å². The Kier molecular flexibility index (Phi) is 4.53. The van der Waals surface area contributed by atoms with Gasteiger partial charge in [-0.2, -0.15) is 0 Å². The normalized spacial score (nSPS) is 26.3. The molecule has 1 saturated heterocycles. The van der Waals surface area contributed by atoms with Crippen molar-refractivity contribution in [2.24, 2.45) is 5.92 Å². The molecule has 1 aliphatic carbocycles. The molecule has 4 heteroatoms. The molecule has 3 unspecified atom stereocenters. The van der Waals surface area contributed by atoms with Crippen LogP contribution in [0.5, 0.6) is 0 Å². The minimum atomic E-state index is -0.669. The molecule has 0 amide bonds. The van der Waals surface area contributed by atoms with E-state index in [2.05, 4.69) is 40.2 Å². The summed E-state index contributed by atoms with van der Waals surface area (Å²) in [6.45, 7) is 0.715. The summed E-state index contributed by atoms with van der Waals surface area (Å²) in [7, 11) is 0. The number of hydrogen-bond donors (Lipinski definition) is 1. The number of rotatable bonds is 4. The van der Waals surface area contributed by atoms with Gasteiger partial charge in [0.15, 0.2) is 0 Å². The third-order valence-corrected chi connectivity index (χ3v) is 5.79. The maximum atomic E-state index is 11.8. The average Bonchev–Trinajstić information content (AvgIpc) is 3.02. The zero-order valence-electron chi connectivity index (χ0n) is 14.3. The molecule has 1 N–H and O–H groups in total. The fourth-order valence-electron chi connectivity index (χ4n) is 4.62. The number of fused-ring (bicyclic) bond motifs is 1. The second kappa shape index (κ2) is 6.96. The van der Waals surface area contributed by atoms with E-state index in [0.29, 0.717) is 18.5 Å². The zero-order chi connectivity index (χ0) is 17.2. The molecule has 4 rings (SSSR count). The second-order valence-corrected chi connectivity index (χ2v) is 7.32. The van der Waals surface area contributed by atoms with Gasteiger partial charge in [-0.15, -0.1) is 0 Å². The van der Waals surface area contributed by atoms with E-state index in [1.165, 1.54) is 24.8 Å². The number of nitrogens with zero attached hydrogens (tertiary/aromatic N) is 2. The van der Waals surface area contributed by atoms with Gasteiger partial charge in [0.2, 0.25) is 0 Å². The lowest BCUT2D eigenvalue weighted by Gasteiger charge is -2.33. The number of aliphatic carboxylic acids is 1. The van der Waals surface area contributed by atoms with Gasteiger partial charge in [0.1, 0.15) is 6.04 Å². The van der Waals surface area contributed by atoms with Crippen LogP contribution in [0.15, 0.2) is 48.8 Å². The van der Waals surface area contributed by atoms with Gasteiger partial charge in [0, 0.05) is 25.0 Å². The van der Waals surface area contributed by atoms with E-state index >= 15 is 0 Å². The minimum Gasteiger partial charge on any atom is -0.480 e. The monoisotopic (exact) mass is 336 g/mol. The number of pyridine rings is 1. The van der Waals surface area contributed by atoms with E-state index in [1.54, 1.807) is 6.20 Å². The third-order valence-electron chi connectivity index (χ3n) is 5.79. The van der Waals surface area contributed by atoms with E-state index in [1.807, 2.05) is 12.3 Å². The summed E-state index contributed by atoms with van der Waals surface area (Å²) in [4.78, 5) is 18.2. The standard InChI is InChI=1S/C21H24N2O2/c24-21(25)20-12-17-6-1-2-9-19(17)23(20)14-15-5-3-7-16(11-15)18-8-4-10-22-13-18/h3-5,7-8,10-11,13,17,19-20H,1-2,6,9,12,14H2,(H,24,25). The Labute approximate surface area is 148 Å². The Hall–Kier alpha value is -2.20. The molecule has 130 valence electrons. The van der Waals surface area contributed by atoms with Gasteiger partial charge in [-0.25, -0.2) is 0 Å². The highest BCUT2D eigenvalue weighted by atomic mass is 16.4. The van der Waals surface area contributed by atoms with Crippen LogP contribution >= 0.6 is 0 Å². The fraction of sp³-hybridized carbons (Fsp3) is 0.429. The van der Waals surface area contributed by atoms with Crippen LogP contribution in [-0.4, -0.2) is 33.0 Å². The highest BCUT2D eigenvalue weighted by Gasteiger charge is 2.44. The SMILES string of the molecule is O=C(O)C1CC2CCCCC2N1Cc1cccc(-c2cccnc2)c1. The van der Waals surface area contributed by atoms with Gasteiger partial charge in [-0.3, -0.25) is 14.7 Å². The van der Waals surface area contributed by atoms with Gasteiger partial charge >= 0.3 is 5.97 Å². The first-order chi connectivity index (χ1) is 12.2. The first-order valence-corrected chi connectivity index (χ1v) is 9.20. The number of hydrogen-bond acceptors (Lipinski definition) is 3. The third kappa shape index (κ3) is 3.31. The summed E-state index contributed by atoms with van der Waals surface area (Å²) in [6.07, 6.45) is 9.24. The van der Waals surface area contributed by atoms with Crippen LogP contribution in [0.25, 0.3) is 11.1 Å². The molecule has 0 spiro atoms. The number of aromatic nitrogens is 1. The number of benzene rings is 1. The summed E-state index contributed by atoms with van der Waals surface area (Å²) in [5, 5.41) is 9.69. The predicted octanol–water partition coefficient (Wildman–Crippen LogP) is 3.97. The molecule has 0 bridgehead atoms. The summed E-state index contributed by atoms with van der Waals surface area (Å²) in [5.74, 6) is -0.117. The Morgan fingerprint density at radius 2 is 2.00 bits per heavy atom. The molecule has 2 aromatic rings. The Balaban J connectivity index is 1.59. The van der Waals surface area contributed by atoms with E-state index in [9.17, 15) is 9.90 Å². The molecule has 1 aromatic carbocycles. The van der Waals surface area contributed by atoms with Crippen LogP contribution in [0.4, 0.5) is 0 Å². The quantitative estimate of drug-likeness (QED) is 0.918. The van der Waals surface area contributed by atoms with Crippen LogP contribution in [0.1, 0.15) is 37.7 Å². The van der Waals surface area contributed by atoms with Crippen molar-refractivity contribution in [1.29, 1.82) is 0 Å². The lowest BCUT2D eigenvalue weighted by atomic mass is 9.84. The first-order valence-electron chi connectivity index (χ1n) is 9.20. The predicted molar refractivity (Wildman–Crippen MR) is 97.0 cm³/mol. The van der Waals surface area contributed by atoms with E-state index < -0.39 is 5.97 Å². The van der Waals surface area contributed by atoms with E-state index in [0.717, 1.165) is 24.0 Å². The van der Waals surface area contributed by atoms with Gasteiger partial charge in [-0.05, 0) is 54.0 Å². The fourth-order valence-corrected chi connectivity index (χ4v) is 4.62. The molecular weight excluding hydrogens is 312 g/mol. The molecule has 2 heterocycles. The van der Waals surface area contributed by atoms with Gasteiger partial charge in [-0.1, -0.05) is 37.1 Å². The molecule has 2 fully saturated rings. The highest BCUT2D eigenvalue weighted by molar-refractivity contribution is 5.74. The lowest BCUT2D eigenvalue weighted by Crippen LogP contribution is -2.41. The number of carbonyl (C=O) groups is 1. The summed E-state index contributed by atoms with van der Waals surface area (Å²) in [5.41, 5.74) is 3.41. The highest BCUT2D eigenvalue weighted by Crippen LogP contribution is 2.40. The first kappa shape index (κ1) is 16.3. The Morgan fingerprint density at radius 1 is 1.16 bits per heavy atom. The maximum Gasteiger partial charge on any atom is 0.320 e. The molecule has 3 atom stereocenters. The van der Waals surface area contributed by atoms with Crippen molar-refractivity contribution in [2.75, 3.05) is 0 Å². The van der Waals surface area contributed by atoms with Crippen LogP contribution in [0.2, 0.25) is 0 Å². The average molecular weight is 336 g/mol. The van der Waals surface area contributed by atoms with Crippen LogP contribution < -0.4 is 0 Å².